The minimum absolute atomic E-state index is 0.102. The number of hydrogen-bond acceptors (Lipinski definition) is 3. The van der Waals surface area contributed by atoms with E-state index in [-0.39, 0.29) is 17.8 Å². The summed E-state index contributed by atoms with van der Waals surface area (Å²) in [5, 5.41) is 14.2. The third-order valence-electron chi connectivity index (χ3n) is 3.63. The highest BCUT2D eigenvalue weighted by Gasteiger charge is 2.16. The SMILES string of the molecule is C=CNC(CC)C(=C)C(=C)NC[C@H](C(=N)N)c1ccccc1. The molecule has 0 aromatic heterocycles. The van der Waals surface area contributed by atoms with Gasteiger partial charge in [0.25, 0.3) is 0 Å². The molecule has 0 heterocycles. The molecular weight excluding hydrogens is 272 g/mol. The lowest BCUT2D eigenvalue weighted by atomic mass is 9.97. The third-order valence-corrected chi connectivity index (χ3v) is 3.63. The van der Waals surface area contributed by atoms with Crippen molar-refractivity contribution in [1.82, 2.24) is 10.6 Å². The predicted molar refractivity (Wildman–Crippen MR) is 94.8 cm³/mol. The van der Waals surface area contributed by atoms with Gasteiger partial charge < -0.3 is 16.4 Å². The zero-order valence-corrected chi connectivity index (χ0v) is 13.2. The molecule has 4 heteroatoms. The summed E-state index contributed by atoms with van der Waals surface area (Å²) in [6.07, 6.45) is 2.55. The highest BCUT2D eigenvalue weighted by molar-refractivity contribution is 5.84. The maximum Gasteiger partial charge on any atom is 0.1000 e. The lowest BCUT2D eigenvalue weighted by Crippen LogP contribution is -2.34. The number of nitrogens with two attached hydrogens (primary N) is 1. The molecule has 0 aliphatic carbocycles. The zero-order valence-electron chi connectivity index (χ0n) is 13.2. The van der Waals surface area contributed by atoms with E-state index in [1.165, 1.54) is 0 Å². The van der Waals surface area contributed by atoms with E-state index in [0.29, 0.717) is 6.54 Å². The summed E-state index contributed by atoms with van der Waals surface area (Å²) in [4.78, 5) is 0. The smallest absolute Gasteiger partial charge is 0.1000 e. The van der Waals surface area contributed by atoms with Crippen LogP contribution in [0.3, 0.4) is 0 Å². The number of nitrogens with one attached hydrogen (secondary N) is 3. The molecule has 1 unspecified atom stereocenters. The fourth-order valence-electron chi connectivity index (χ4n) is 2.25. The molecule has 1 aromatic rings. The maximum absolute atomic E-state index is 7.79. The van der Waals surface area contributed by atoms with E-state index < -0.39 is 0 Å². The van der Waals surface area contributed by atoms with Gasteiger partial charge in [-0.25, -0.2) is 0 Å². The van der Waals surface area contributed by atoms with Crippen molar-refractivity contribution < 1.29 is 0 Å². The van der Waals surface area contributed by atoms with Crippen molar-refractivity contribution in [1.29, 1.82) is 5.41 Å². The van der Waals surface area contributed by atoms with Gasteiger partial charge >= 0.3 is 0 Å². The molecule has 0 saturated heterocycles. The quantitative estimate of drug-likeness (QED) is 0.305. The lowest BCUT2D eigenvalue weighted by molar-refractivity contribution is 0.632. The summed E-state index contributed by atoms with van der Waals surface area (Å²) in [5.41, 5.74) is 8.38. The first kappa shape index (κ1) is 17.6. The molecule has 0 fully saturated rings. The van der Waals surface area contributed by atoms with Crippen LogP contribution in [0.1, 0.15) is 24.8 Å². The van der Waals surface area contributed by atoms with Crippen molar-refractivity contribution in [3.63, 3.8) is 0 Å². The van der Waals surface area contributed by atoms with Crippen molar-refractivity contribution in [3.8, 4) is 0 Å². The lowest BCUT2D eigenvalue weighted by Gasteiger charge is -2.23. The Kier molecular flexibility index (Phi) is 6.96. The average molecular weight is 298 g/mol. The Morgan fingerprint density at radius 2 is 1.95 bits per heavy atom. The van der Waals surface area contributed by atoms with Crippen LogP contribution in [0.4, 0.5) is 0 Å². The number of rotatable bonds is 10. The maximum atomic E-state index is 7.79. The highest BCUT2D eigenvalue weighted by Crippen LogP contribution is 2.16. The largest absolute Gasteiger partial charge is 0.387 e. The van der Waals surface area contributed by atoms with Crippen LogP contribution in [0.15, 0.2) is 67.5 Å². The van der Waals surface area contributed by atoms with Crippen LogP contribution < -0.4 is 16.4 Å². The van der Waals surface area contributed by atoms with E-state index in [9.17, 15) is 0 Å². The molecular formula is C18H26N4. The van der Waals surface area contributed by atoms with Gasteiger partial charge in [0, 0.05) is 12.2 Å². The normalized spacial score (nSPS) is 12.8. The van der Waals surface area contributed by atoms with Crippen LogP contribution in [-0.2, 0) is 0 Å². The van der Waals surface area contributed by atoms with Crippen LogP contribution >= 0.6 is 0 Å². The fraction of sp³-hybridized carbons (Fsp3) is 0.278. The summed E-state index contributed by atoms with van der Waals surface area (Å²) in [7, 11) is 0. The molecule has 0 aliphatic heterocycles. The van der Waals surface area contributed by atoms with Gasteiger partial charge in [0.15, 0.2) is 0 Å². The number of hydrogen-bond donors (Lipinski definition) is 4. The van der Waals surface area contributed by atoms with Gasteiger partial charge in [0.2, 0.25) is 0 Å². The molecule has 1 rings (SSSR count). The first-order valence-electron chi connectivity index (χ1n) is 7.39. The molecule has 22 heavy (non-hydrogen) atoms. The molecule has 5 N–H and O–H groups in total. The fourth-order valence-corrected chi connectivity index (χ4v) is 2.25. The summed E-state index contributed by atoms with van der Waals surface area (Å²) >= 11 is 0. The second-order valence-electron chi connectivity index (χ2n) is 5.13. The van der Waals surface area contributed by atoms with Gasteiger partial charge in [-0.15, -0.1) is 0 Å². The zero-order chi connectivity index (χ0) is 16.5. The molecule has 0 spiro atoms. The third kappa shape index (κ3) is 4.81. The van der Waals surface area contributed by atoms with Gasteiger partial charge in [0.1, 0.15) is 0 Å². The molecule has 118 valence electrons. The Hall–Kier alpha value is -2.49. The van der Waals surface area contributed by atoms with Gasteiger partial charge in [-0.2, -0.15) is 0 Å². The molecule has 2 atom stereocenters. The van der Waals surface area contributed by atoms with E-state index in [2.05, 4.69) is 37.3 Å². The minimum Gasteiger partial charge on any atom is -0.387 e. The summed E-state index contributed by atoms with van der Waals surface area (Å²) in [5.74, 6) is -0.0495. The van der Waals surface area contributed by atoms with Crippen LogP contribution in [0, 0.1) is 5.41 Å². The van der Waals surface area contributed by atoms with E-state index in [1.807, 2.05) is 30.3 Å². The topological polar surface area (TPSA) is 73.9 Å². The van der Waals surface area contributed by atoms with Gasteiger partial charge in [0.05, 0.1) is 17.8 Å². The minimum atomic E-state index is -0.182. The van der Waals surface area contributed by atoms with Crippen molar-refractivity contribution in [2.45, 2.75) is 25.3 Å². The van der Waals surface area contributed by atoms with Crippen LogP contribution in [0.25, 0.3) is 0 Å². The molecule has 0 bridgehead atoms. The Balaban J connectivity index is 2.69. The number of benzene rings is 1. The standard InChI is InChI=1S/C18H26N4/c1-5-17(21-6-2)13(3)14(4)22-12-16(18(19)20)15-10-8-7-9-11-15/h6-11,16-17,21-22H,2-5,12H2,1H3,(H3,19,20)/t16-,17?/m0/s1. The first-order valence-corrected chi connectivity index (χ1v) is 7.39. The van der Waals surface area contributed by atoms with E-state index in [4.69, 9.17) is 11.1 Å². The second kappa shape index (κ2) is 8.72. The Morgan fingerprint density at radius 3 is 2.45 bits per heavy atom. The first-order chi connectivity index (χ1) is 10.5. The monoisotopic (exact) mass is 298 g/mol. The van der Waals surface area contributed by atoms with Gasteiger partial charge in [-0.1, -0.05) is 57.0 Å². The Morgan fingerprint density at radius 1 is 1.32 bits per heavy atom. The molecule has 0 radical (unpaired) electrons. The molecule has 0 amide bonds. The highest BCUT2D eigenvalue weighted by atomic mass is 14.9. The van der Waals surface area contributed by atoms with Crippen LogP contribution in [-0.4, -0.2) is 18.4 Å². The van der Waals surface area contributed by atoms with Crippen molar-refractivity contribution in [3.05, 3.63) is 73.1 Å². The molecule has 0 aliphatic rings. The Bertz CT molecular complexity index is 533. The summed E-state index contributed by atoms with van der Waals surface area (Å²) < 4.78 is 0. The average Bonchev–Trinajstić information content (AvgIpc) is 2.52. The van der Waals surface area contributed by atoms with E-state index in [1.54, 1.807) is 6.20 Å². The van der Waals surface area contributed by atoms with Gasteiger partial charge in [-0.3, -0.25) is 5.41 Å². The van der Waals surface area contributed by atoms with E-state index >= 15 is 0 Å². The summed E-state index contributed by atoms with van der Waals surface area (Å²) in [6, 6.07) is 9.88. The second-order valence-corrected chi connectivity index (χ2v) is 5.13. The van der Waals surface area contributed by atoms with Crippen molar-refractivity contribution in [2.24, 2.45) is 5.73 Å². The Labute approximate surface area is 133 Å². The number of amidine groups is 1. The van der Waals surface area contributed by atoms with Gasteiger partial charge in [-0.05, 0) is 23.8 Å². The van der Waals surface area contributed by atoms with Crippen LogP contribution in [0.2, 0.25) is 0 Å². The van der Waals surface area contributed by atoms with E-state index in [0.717, 1.165) is 23.3 Å². The summed E-state index contributed by atoms with van der Waals surface area (Å²) in [6.45, 7) is 14.4. The molecule has 0 saturated carbocycles. The predicted octanol–water partition coefficient (Wildman–Crippen LogP) is 2.88. The van der Waals surface area contributed by atoms with Crippen molar-refractivity contribution >= 4 is 5.84 Å². The molecule has 4 nitrogen and oxygen atoms in total. The molecule has 1 aromatic carbocycles. The van der Waals surface area contributed by atoms with Crippen molar-refractivity contribution in [2.75, 3.05) is 6.54 Å². The van der Waals surface area contributed by atoms with Crippen LogP contribution in [0.5, 0.6) is 0 Å².